The molecular formula is C39H80O10S2. The molecule has 0 amide bonds. The minimum atomic E-state index is -4.07. The van der Waals surface area contributed by atoms with E-state index in [0.717, 1.165) is 25.7 Å². The van der Waals surface area contributed by atoms with Crippen molar-refractivity contribution < 1.29 is 44.9 Å². The van der Waals surface area contributed by atoms with Gasteiger partial charge < -0.3 is 18.9 Å². The van der Waals surface area contributed by atoms with E-state index in [1.807, 2.05) is 0 Å². The maximum absolute atomic E-state index is 11.2. The fourth-order valence-electron chi connectivity index (χ4n) is 6.18. The number of rotatable bonds is 42. The van der Waals surface area contributed by atoms with Gasteiger partial charge in [-0.1, -0.05) is 155 Å². The van der Waals surface area contributed by atoms with E-state index in [4.69, 9.17) is 28.1 Å². The van der Waals surface area contributed by atoms with E-state index in [-0.39, 0.29) is 50.8 Å². The first-order valence-corrected chi connectivity index (χ1v) is 24.0. The van der Waals surface area contributed by atoms with Crippen molar-refractivity contribution in [1.82, 2.24) is 0 Å². The van der Waals surface area contributed by atoms with Crippen LogP contribution in [0, 0.1) is 5.41 Å². The van der Waals surface area contributed by atoms with E-state index >= 15 is 0 Å². The summed E-state index contributed by atoms with van der Waals surface area (Å²) in [4.78, 5) is 0. The predicted octanol–water partition coefficient (Wildman–Crippen LogP) is 10.00. The predicted molar refractivity (Wildman–Crippen MR) is 210 cm³/mol. The van der Waals surface area contributed by atoms with E-state index in [0.29, 0.717) is 26.4 Å². The first-order valence-electron chi connectivity index (χ1n) is 20.7. The van der Waals surface area contributed by atoms with Gasteiger partial charge in [0, 0.05) is 26.4 Å². The lowest BCUT2D eigenvalue weighted by atomic mass is 9.92. The van der Waals surface area contributed by atoms with Crippen molar-refractivity contribution in [1.29, 1.82) is 0 Å². The molecule has 0 spiro atoms. The Morgan fingerprint density at radius 3 is 0.804 bits per heavy atom. The first-order chi connectivity index (χ1) is 24.5. The summed E-state index contributed by atoms with van der Waals surface area (Å²) in [5.41, 5.74) is -0.676. The normalized spacial score (nSPS) is 12.6. The van der Waals surface area contributed by atoms with Crippen molar-refractivity contribution >= 4 is 20.2 Å². The lowest BCUT2D eigenvalue weighted by Gasteiger charge is -2.33. The molecule has 0 aromatic rings. The Morgan fingerprint density at radius 2 is 0.569 bits per heavy atom. The summed E-state index contributed by atoms with van der Waals surface area (Å²) >= 11 is 0. The summed E-state index contributed by atoms with van der Waals surface area (Å²) < 4.78 is 87.0. The van der Waals surface area contributed by atoms with Gasteiger partial charge in [-0.05, 0) is 25.7 Å². The fourth-order valence-corrected chi connectivity index (χ4v) is 7.15. The SMILES string of the molecule is CCCCCCCCCCCCCCOCC(COCCCCCCCCCCCCCC)(COCCCS(=O)(=O)O)COCCCS(=O)(=O)O. The first kappa shape index (κ1) is 50.7. The van der Waals surface area contributed by atoms with Gasteiger partial charge in [-0.3, -0.25) is 9.11 Å². The summed E-state index contributed by atoms with van der Waals surface area (Å²) in [6.07, 6.45) is 30.7. The van der Waals surface area contributed by atoms with Gasteiger partial charge in [-0.25, -0.2) is 0 Å². The maximum atomic E-state index is 11.2. The van der Waals surface area contributed by atoms with Gasteiger partial charge >= 0.3 is 0 Å². The van der Waals surface area contributed by atoms with Crippen molar-refractivity contribution in [3.8, 4) is 0 Å². The Morgan fingerprint density at radius 1 is 0.353 bits per heavy atom. The van der Waals surface area contributed by atoms with Gasteiger partial charge in [0.2, 0.25) is 0 Å². The summed E-state index contributed by atoms with van der Waals surface area (Å²) in [6.45, 7) is 7.03. The molecule has 0 atom stereocenters. The Balaban J connectivity index is 4.78. The van der Waals surface area contributed by atoms with E-state index < -0.39 is 25.7 Å². The van der Waals surface area contributed by atoms with Crippen LogP contribution in [0.4, 0.5) is 0 Å². The van der Waals surface area contributed by atoms with Crippen LogP contribution in [0.25, 0.3) is 0 Å². The summed E-state index contributed by atoms with van der Waals surface area (Å²) in [6, 6.07) is 0. The molecule has 0 aliphatic carbocycles. The van der Waals surface area contributed by atoms with Crippen molar-refractivity contribution in [3.63, 3.8) is 0 Å². The highest BCUT2D eigenvalue weighted by atomic mass is 32.2. The number of unbranched alkanes of at least 4 members (excludes halogenated alkanes) is 22. The standard InChI is InChI=1S/C39H80O10S2/c1-3-5-7-9-11-13-15-17-19-21-23-25-29-46-35-39(37-48-31-27-33-50(40,41)42,38-49-32-28-34-51(43,44)45)36-47-30-26-24-22-20-18-16-14-12-10-8-6-4-2/h3-38H2,1-2H3,(H,40,41,42)(H,43,44,45). The second kappa shape index (κ2) is 35.4. The van der Waals surface area contributed by atoms with Crippen molar-refractivity contribution in [2.24, 2.45) is 5.41 Å². The molecule has 10 nitrogen and oxygen atoms in total. The smallest absolute Gasteiger partial charge is 0.264 e. The lowest BCUT2D eigenvalue weighted by Crippen LogP contribution is -2.42. The largest absolute Gasteiger partial charge is 0.381 e. The molecule has 0 aromatic carbocycles. The lowest BCUT2D eigenvalue weighted by molar-refractivity contribution is -0.107. The number of ether oxygens (including phenoxy) is 4. The molecule has 0 saturated heterocycles. The zero-order chi connectivity index (χ0) is 37.8. The monoisotopic (exact) mass is 773 g/mol. The summed E-state index contributed by atoms with van der Waals surface area (Å²) in [7, 11) is -8.14. The summed E-state index contributed by atoms with van der Waals surface area (Å²) in [5.74, 6) is -0.756. The Labute approximate surface area is 314 Å². The highest BCUT2D eigenvalue weighted by molar-refractivity contribution is 7.86. The van der Waals surface area contributed by atoms with Gasteiger partial charge in [-0.15, -0.1) is 0 Å². The molecule has 0 aromatic heterocycles. The molecule has 12 heteroatoms. The van der Waals surface area contributed by atoms with Crippen molar-refractivity contribution in [3.05, 3.63) is 0 Å². The van der Waals surface area contributed by atoms with Gasteiger partial charge in [0.15, 0.2) is 0 Å². The zero-order valence-electron chi connectivity index (χ0n) is 32.9. The zero-order valence-corrected chi connectivity index (χ0v) is 34.6. The molecule has 0 saturated carbocycles. The quantitative estimate of drug-likeness (QED) is 0.0454. The average Bonchev–Trinajstić information content (AvgIpc) is 3.07. The third-order valence-corrected chi connectivity index (χ3v) is 10.9. The van der Waals surface area contributed by atoms with Gasteiger partial charge in [0.25, 0.3) is 20.2 Å². The molecular weight excluding hydrogens is 693 g/mol. The molecule has 0 aliphatic rings. The highest BCUT2D eigenvalue weighted by Crippen LogP contribution is 2.22. The second-order valence-corrected chi connectivity index (χ2v) is 17.9. The van der Waals surface area contributed by atoms with E-state index in [2.05, 4.69) is 13.8 Å². The van der Waals surface area contributed by atoms with Crippen LogP contribution in [0.2, 0.25) is 0 Å². The van der Waals surface area contributed by atoms with E-state index in [1.54, 1.807) is 0 Å². The third kappa shape index (κ3) is 39.2. The Bertz CT molecular complexity index is 868. The van der Waals surface area contributed by atoms with E-state index in [1.165, 1.54) is 128 Å². The third-order valence-electron chi connectivity index (χ3n) is 9.30. The van der Waals surface area contributed by atoms with Crippen molar-refractivity contribution in [2.75, 3.05) is 64.4 Å². The molecule has 308 valence electrons. The number of hydrogen-bond donors (Lipinski definition) is 2. The fraction of sp³-hybridized carbons (Fsp3) is 1.00. The molecule has 2 N–H and O–H groups in total. The minimum absolute atomic E-state index is 0.141. The molecule has 0 radical (unpaired) electrons. The minimum Gasteiger partial charge on any atom is -0.381 e. The summed E-state index contributed by atoms with van der Waals surface area (Å²) in [5, 5.41) is 0. The van der Waals surface area contributed by atoms with Gasteiger partial charge in [0.1, 0.15) is 0 Å². The molecule has 0 rings (SSSR count). The molecule has 0 aliphatic heterocycles. The molecule has 0 bridgehead atoms. The van der Waals surface area contributed by atoms with Crippen LogP contribution in [-0.2, 0) is 39.2 Å². The van der Waals surface area contributed by atoms with Gasteiger partial charge in [-0.2, -0.15) is 16.8 Å². The Hall–Kier alpha value is -0.340. The average molecular weight is 773 g/mol. The molecule has 0 fully saturated rings. The van der Waals surface area contributed by atoms with Crippen LogP contribution < -0.4 is 0 Å². The van der Waals surface area contributed by atoms with Crippen LogP contribution in [0.5, 0.6) is 0 Å². The maximum Gasteiger partial charge on any atom is 0.264 e. The van der Waals surface area contributed by atoms with Crippen LogP contribution in [0.15, 0.2) is 0 Å². The van der Waals surface area contributed by atoms with Crippen molar-refractivity contribution in [2.45, 2.75) is 181 Å². The Kier molecular flexibility index (Phi) is 35.1. The molecule has 0 heterocycles. The highest BCUT2D eigenvalue weighted by Gasteiger charge is 2.32. The van der Waals surface area contributed by atoms with Crippen LogP contribution in [-0.4, -0.2) is 90.3 Å². The second-order valence-electron chi connectivity index (χ2n) is 14.8. The van der Waals surface area contributed by atoms with E-state index in [9.17, 15) is 16.8 Å². The molecule has 0 unspecified atom stereocenters. The van der Waals surface area contributed by atoms with Crippen LogP contribution in [0.3, 0.4) is 0 Å². The number of hydrogen-bond acceptors (Lipinski definition) is 8. The van der Waals surface area contributed by atoms with Crippen LogP contribution in [0.1, 0.15) is 181 Å². The van der Waals surface area contributed by atoms with Gasteiger partial charge in [0.05, 0.1) is 43.3 Å². The topological polar surface area (TPSA) is 146 Å². The van der Waals surface area contributed by atoms with Crippen LogP contribution >= 0.6 is 0 Å². The molecule has 51 heavy (non-hydrogen) atoms.